The fraction of sp³-hybridized carbons (Fsp3) is 0.667. The number of hydrogen-bond acceptors (Lipinski definition) is 1. The van der Waals surface area contributed by atoms with Gasteiger partial charge in [-0.3, -0.25) is 4.79 Å². The Balaban J connectivity index is 4.40. The molecule has 0 saturated carbocycles. The Morgan fingerprint density at radius 3 is 1.20 bits per heavy atom. The minimum absolute atomic E-state index is 1.95. The second-order valence-corrected chi connectivity index (χ2v) is 3.79. The first kappa shape index (κ1) is 10.7. The van der Waals surface area contributed by atoms with Crippen molar-refractivity contribution < 1.29 is 13.6 Å². The fourth-order valence-corrected chi connectivity index (χ4v) is 0.875. The maximum Gasteiger partial charge on any atom is 0.322 e. The normalized spacial score (nSPS) is 13.4. The van der Waals surface area contributed by atoms with E-state index in [1.807, 2.05) is 0 Å². The summed E-state index contributed by atoms with van der Waals surface area (Å²) in [6.45, 7) is 0. The maximum absolute atomic E-state index is 12.1. The highest BCUT2D eigenvalue weighted by molar-refractivity contribution is 6.66. The molecular weight excluding hydrogens is 232 g/mol. The predicted octanol–water partition coefficient (Wildman–Crippen LogP) is 2.76. The van der Waals surface area contributed by atoms with E-state index in [-0.39, 0.29) is 0 Å². The SMILES string of the molecule is O=C(C(F)(Cl)Cl)C(F)(Cl)Cl. The van der Waals surface area contributed by atoms with E-state index in [1.54, 1.807) is 0 Å². The highest BCUT2D eigenvalue weighted by atomic mass is 35.5. The van der Waals surface area contributed by atoms with Crippen LogP contribution in [0.25, 0.3) is 0 Å². The van der Waals surface area contributed by atoms with Gasteiger partial charge in [-0.2, -0.15) is 8.78 Å². The van der Waals surface area contributed by atoms with Gasteiger partial charge in [-0.05, 0) is 0 Å². The van der Waals surface area contributed by atoms with E-state index < -0.39 is 15.0 Å². The Morgan fingerprint density at radius 1 is 1.00 bits per heavy atom. The number of carbonyl (C=O) groups is 1. The average Bonchev–Trinajstić information content (AvgIpc) is 1.59. The molecule has 0 aliphatic carbocycles. The molecule has 0 aliphatic rings. The number of halogens is 6. The van der Waals surface area contributed by atoms with E-state index in [4.69, 9.17) is 0 Å². The van der Waals surface area contributed by atoms with Crippen molar-refractivity contribution in [3.8, 4) is 0 Å². The standard InChI is InChI=1S/C3Cl4F2O/c4-2(5,8)1(10)3(6,7)9. The summed E-state index contributed by atoms with van der Waals surface area (Å²) in [5.41, 5.74) is 0. The summed E-state index contributed by atoms with van der Waals surface area (Å²) in [5, 5.41) is 0. The van der Waals surface area contributed by atoms with Gasteiger partial charge in [0.05, 0.1) is 0 Å². The summed E-state index contributed by atoms with van der Waals surface area (Å²) in [6.07, 6.45) is 0. The van der Waals surface area contributed by atoms with Gasteiger partial charge in [0.25, 0.3) is 5.78 Å². The van der Waals surface area contributed by atoms with Crippen molar-refractivity contribution in [1.29, 1.82) is 0 Å². The van der Waals surface area contributed by atoms with Crippen LogP contribution in [0.15, 0.2) is 0 Å². The van der Waals surface area contributed by atoms with Crippen LogP contribution in [0.1, 0.15) is 0 Å². The van der Waals surface area contributed by atoms with Gasteiger partial charge in [0, 0.05) is 0 Å². The molecule has 10 heavy (non-hydrogen) atoms. The van der Waals surface area contributed by atoms with E-state index in [2.05, 4.69) is 46.4 Å². The Bertz CT molecular complexity index is 130. The molecule has 0 heterocycles. The van der Waals surface area contributed by atoms with Crippen LogP contribution in [0, 0.1) is 0 Å². The average molecular weight is 232 g/mol. The molecule has 0 spiro atoms. The summed E-state index contributed by atoms with van der Waals surface area (Å²) in [7, 11) is 0. The minimum Gasteiger partial charge on any atom is -0.287 e. The molecule has 0 rings (SSSR count). The number of hydrogen-bond donors (Lipinski definition) is 0. The van der Waals surface area contributed by atoms with Gasteiger partial charge in [0.15, 0.2) is 0 Å². The second-order valence-electron chi connectivity index (χ2n) is 1.32. The lowest BCUT2D eigenvalue weighted by Gasteiger charge is -2.12. The van der Waals surface area contributed by atoms with Gasteiger partial charge >= 0.3 is 9.17 Å². The molecule has 1 nitrogen and oxygen atoms in total. The van der Waals surface area contributed by atoms with Gasteiger partial charge in [-0.1, -0.05) is 46.4 Å². The molecule has 0 aromatic carbocycles. The predicted molar refractivity (Wildman–Crippen MR) is 36.1 cm³/mol. The topological polar surface area (TPSA) is 17.1 Å². The molecule has 0 bridgehead atoms. The molecule has 0 unspecified atom stereocenters. The van der Waals surface area contributed by atoms with Crippen LogP contribution in [0.4, 0.5) is 8.78 Å². The first-order valence-corrected chi connectivity index (χ1v) is 3.35. The zero-order valence-corrected chi connectivity index (χ0v) is 7.20. The third-order valence-electron chi connectivity index (χ3n) is 0.515. The molecule has 0 N–H and O–H groups in total. The van der Waals surface area contributed by atoms with Crippen LogP contribution in [-0.4, -0.2) is 15.0 Å². The summed E-state index contributed by atoms with van der Waals surface area (Å²) >= 11 is 18.0. The summed E-state index contributed by atoms with van der Waals surface area (Å²) in [5.74, 6) is -1.95. The molecule has 7 heteroatoms. The third-order valence-corrected chi connectivity index (χ3v) is 1.20. The number of Topliss-reactive ketones (excluding diaryl/α,β-unsaturated/α-hetero) is 1. The maximum atomic E-state index is 12.1. The van der Waals surface area contributed by atoms with Gasteiger partial charge < -0.3 is 0 Å². The van der Waals surface area contributed by atoms with Crippen LogP contribution < -0.4 is 0 Å². The molecular formula is C3Cl4F2O. The lowest BCUT2D eigenvalue weighted by molar-refractivity contribution is -0.126. The quantitative estimate of drug-likeness (QED) is 0.668. The monoisotopic (exact) mass is 230 g/mol. The second kappa shape index (κ2) is 2.97. The van der Waals surface area contributed by atoms with Gasteiger partial charge in [-0.15, -0.1) is 0 Å². The Morgan fingerprint density at radius 2 is 1.20 bits per heavy atom. The third kappa shape index (κ3) is 3.19. The van der Waals surface area contributed by atoms with E-state index in [0.29, 0.717) is 0 Å². The van der Waals surface area contributed by atoms with Crippen LogP contribution >= 0.6 is 46.4 Å². The molecule has 0 saturated heterocycles. The van der Waals surface area contributed by atoms with Crippen molar-refractivity contribution in [3.05, 3.63) is 0 Å². The van der Waals surface area contributed by atoms with Gasteiger partial charge in [0.2, 0.25) is 0 Å². The smallest absolute Gasteiger partial charge is 0.287 e. The molecule has 0 fully saturated rings. The first-order chi connectivity index (χ1) is 4.15. The van der Waals surface area contributed by atoms with Crippen molar-refractivity contribution >= 4 is 52.2 Å². The molecule has 0 aromatic heterocycles. The largest absolute Gasteiger partial charge is 0.322 e. The molecule has 60 valence electrons. The number of carbonyl (C=O) groups excluding carboxylic acids is 1. The van der Waals surface area contributed by atoms with Crippen molar-refractivity contribution in [2.24, 2.45) is 0 Å². The molecule has 0 aromatic rings. The van der Waals surface area contributed by atoms with Crippen LogP contribution in [0.2, 0.25) is 0 Å². The van der Waals surface area contributed by atoms with Gasteiger partial charge in [0.1, 0.15) is 0 Å². The lowest BCUT2D eigenvalue weighted by atomic mass is 10.5. The number of ketones is 1. The molecule has 0 atom stereocenters. The first-order valence-electron chi connectivity index (χ1n) is 1.84. The summed E-state index contributed by atoms with van der Waals surface area (Å²) in [6, 6.07) is 0. The van der Waals surface area contributed by atoms with E-state index in [9.17, 15) is 13.6 Å². The highest BCUT2D eigenvalue weighted by Crippen LogP contribution is 2.35. The van der Waals surface area contributed by atoms with Crippen LogP contribution in [-0.2, 0) is 4.79 Å². The van der Waals surface area contributed by atoms with Crippen LogP contribution in [0.3, 0.4) is 0 Å². The van der Waals surface area contributed by atoms with Crippen LogP contribution in [0.5, 0.6) is 0 Å². The minimum atomic E-state index is -3.39. The zero-order chi connectivity index (χ0) is 8.58. The molecule has 0 aliphatic heterocycles. The number of alkyl halides is 6. The molecule has 0 radical (unpaired) electrons. The van der Waals surface area contributed by atoms with Crippen molar-refractivity contribution in [1.82, 2.24) is 0 Å². The van der Waals surface area contributed by atoms with Crippen molar-refractivity contribution in [2.45, 2.75) is 9.17 Å². The Kier molecular flexibility index (Phi) is 3.18. The van der Waals surface area contributed by atoms with Gasteiger partial charge in [-0.25, -0.2) is 0 Å². The summed E-state index contributed by atoms with van der Waals surface area (Å²) in [4.78, 5) is 10.2. The number of rotatable bonds is 2. The lowest BCUT2D eigenvalue weighted by Crippen LogP contribution is -2.33. The van der Waals surface area contributed by atoms with Crippen molar-refractivity contribution in [3.63, 3.8) is 0 Å². The Labute approximate surface area is 75.2 Å². The Hall–Kier alpha value is 0.690. The van der Waals surface area contributed by atoms with E-state index in [1.165, 1.54) is 0 Å². The van der Waals surface area contributed by atoms with E-state index >= 15 is 0 Å². The van der Waals surface area contributed by atoms with E-state index in [0.717, 1.165) is 0 Å². The fourth-order valence-electron chi connectivity index (χ4n) is 0.161. The molecule has 0 amide bonds. The van der Waals surface area contributed by atoms with Crippen molar-refractivity contribution in [2.75, 3.05) is 0 Å². The highest BCUT2D eigenvalue weighted by Gasteiger charge is 2.48. The zero-order valence-electron chi connectivity index (χ0n) is 4.18. The summed E-state index contributed by atoms with van der Waals surface area (Å²) < 4.78 is 17.3.